The van der Waals surface area contributed by atoms with Crippen molar-refractivity contribution in [1.82, 2.24) is 14.2 Å². The number of aromatic nitrogens is 1. The molecule has 12 heteroatoms. The number of benzene rings is 1. The van der Waals surface area contributed by atoms with E-state index >= 15 is 0 Å². The predicted octanol–water partition coefficient (Wildman–Crippen LogP) is 4.62. The molecule has 0 bridgehead atoms. The van der Waals surface area contributed by atoms with E-state index in [1.807, 2.05) is 4.90 Å². The lowest BCUT2D eigenvalue weighted by molar-refractivity contribution is -0.138. The molecule has 2 aliphatic heterocycles. The molecule has 3 aromatic rings. The molecule has 0 spiro atoms. The molecule has 2 saturated heterocycles. The number of carbonyl (C=O) groups excluding carboxylic acids is 1. The summed E-state index contributed by atoms with van der Waals surface area (Å²) in [6.07, 6.45) is 2.37. The van der Waals surface area contributed by atoms with Crippen molar-refractivity contribution >= 4 is 60.4 Å². The Morgan fingerprint density at radius 2 is 1.79 bits per heavy atom. The fourth-order valence-corrected chi connectivity index (χ4v) is 8.44. The lowest BCUT2D eigenvalue weighted by Crippen LogP contribution is -2.47. The highest BCUT2D eigenvalue weighted by atomic mass is 35.5. The summed E-state index contributed by atoms with van der Waals surface area (Å²) in [6.45, 7) is 1.84. The number of carbonyl (C=O) groups is 1. The molecule has 7 nitrogen and oxygen atoms in total. The maximum atomic E-state index is 13.4. The van der Waals surface area contributed by atoms with Crippen LogP contribution in [0.25, 0.3) is 10.2 Å². The van der Waals surface area contributed by atoms with Gasteiger partial charge in [-0.05, 0) is 43.2 Å². The first-order valence-electron chi connectivity index (χ1n) is 11.1. The lowest BCUT2D eigenvalue weighted by Gasteiger charge is -2.36. The van der Waals surface area contributed by atoms with E-state index < -0.39 is 10.0 Å². The topological polar surface area (TPSA) is 79.8 Å². The second kappa shape index (κ2) is 9.69. The molecule has 0 aliphatic carbocycles. The summed E-state index contributed by atoms with van der Waals surface area (Å²) >= 11 is 8.27. The van der Waals surface area contributed by atoms with E-state index in [0.717, 1.165) is 16.0 Å². The van der Waals surface area contributed by atoms with Crippen molar-refractivity contribution in [2.24, 2.45) is 5.92 Å². The number of fused-ring (bicyclic) bond motifs is 1. The normalized spacial score (nSPS) is 19.1. The number of hydrogen-bond donors (Lipinski definition) is 0. The Labute approximate surface area is 210 Å². The Balaban J connectivity index is 1.12. The number of ether oxygens (including phenoxy) is 1. The van der Waals surface area contributed by atoms with Crippen LogP contribution in [0.5, 0.6) is 5.19 Å². The van der Waals surface area contributed by atoms with E-state index in [9.17, 15) is 17.6 Å². The molecule has 2 aromatic heterocycles. The van der Waals surface area contributed by atoms with Gasteiger partial charge in [0, 0.05) is 44.9 Å². The number of thiazole rings is 1. The highest BCUT2D eigenvalue weighted by molar-refractivity contribution is 7.91. The largest absolute Gasteiger partial charge is 0.467 e. The van der Waals surface area contributed by atoms with Crippen LogP contribution in [0.4, 0.5) is 4.39 Å². The fraction of sp³-hybridized carbons (Fsp3) is 0.455. The van der Waals surface area contributed by atoms with Gasteiger partial charge in [-0.25, -0.2) is 17.8 Å². The van der Waals surface area contributed by atoms with E-state index in [1.54, 1.807) is 12.1 Å². The van der Waals surface area contributed by atoms with E-state index in [1.165, 1.54) is 33.8 Å². The Bertz CT molecular complexity index is 1300. The van der Waals surface area contributed by atoms with Gasteiger partial charge in [0.25, 0.3) is 15.2 Å². The van der Waals surface area contributed by atoms with Crippen LogP contribution in [0.2, 0.25) is 4.34 Å². The van der Waals surface area contributed by atoms with Gasteiger partial charge in [-0.1, -0.05) is 22.9 Å². The first kappa shape index (κ1) is 23.9. The molecule has 2 fully saturated rings. The van der Waals surface area contributed by atoms with Gasteiger partial charge in [0.2, 0.25) is 5.91 Å². The molecule has 4 heterocycles. The van der Waals surface area contributed by atoms with Crippen molar-refractivity contribution in [2.45, 2.75) is 36.0 Å². The molecule has 0 radical (unpaired) electrons. The van der Waals surface area contributed by atoms with Crippen LogP contribution in [0, 0.1) is 11.7 Å². The van der Waals surface area contributed by atoms with Crippen LogP contribution in [0.3, 0.4) is 0 Å². The molecule has 1 amide bonds. The van der Waals surface area contributed by atoms with Crippen molar-refractivity contribution in [3.8, 4) is 5.19 Å². The second-order valence-corrected chi connectivity index (χ2v) is 13.3. The summed E-state index contributed by atoms with van der Waals surface area (Å²) < 4.78 is 47.9. The van der Waals surface area contributed by atoms with Crippen molar-refractivity contribution in [2.75, 3.05) is 26.2 Å². The molecule has 34 heavy (non-hydrogen) atoms. The molecule has 0 saturated carbocycles. The maximum Gasteiger partial charge on any atom is 0.274 e. The summed E-state index contributed by atoms with van der Waals surface area (Å²) in [7, 11) is -3.56. The standard InChI is InChI=1S/C22H23ClFN3O4S3/c23-19-3-4-20(33-19)34(29,30)27-11-5-14(6-12-27)21(28)26-9-7-16(8-10-26)31-22-25-17-2-1-15(24)13-18(17)32-22/h1-4,13-14,16H,5-12H2. The minimum Gasteiger partial charge on any atom is -0.467 e. The van der Waals surface area contributed by atoms with Gasteiger partial charge >= 0.3 is 0 Å². The highest BCUT2D eigenvalue weighted by Crippen LogP contribution is 2.32. The van der Waals surface area contributed by atoms with Crippen LogP contribution in [-0.2, 0) is 14.8 Å². The van der Waals surface area contributed by atoms with Gasteiger partial charge in [-0.2, -0.15) is 4.31 Å². The van der Waals surface area contributed by atoms with Gasteiger partial charge in [-0.3, -0.25) is 4.79 Å². The van der Waals surface area contributed by atoms with Crippen LogP contribution < -0.4 is 4.74 Å². The van der Waals surface area contributed by atoms with Gasteiger partial charge < -0.3 is 9.64 Å². The van der Waals surface area contributed by atoms with E-state index in [0.29, 0.717) is 66.9 Å². The Morgan fingerprint density at radius 3 is 2.47 bits per heavy atom. The number of amides is 1. The number of sulfonamides is 1. The van der Waals surface area contributed by atoms with Gasteiger partial charge in [0.05, 0.1) is 14.6 Å². The summed E-state index contributed by atoms with van der Waals surface area (Å²) in [5, 5.41) is 0.519. The summed E-state index contributed by atoms with van der Waals surface area (Å²) in [5.74, 6) is -0.381. The first-order chi connectivity index (χ1) is 16.3. The molecule has 0 atom stereocenters. The van der Waals surface area contributed by atoms with Crippen molar-refractivity contribution in [3.63, 3.8) is 0 Å². The minimum absolute atomic E-state index is 0.0425. The van der Waals surface area contributed by atoms with Crippen molar-refractivity contribution in [1.29, 1.82) is 0 Å². The average Bonchev–Trinajstić information content (AvgIpc) is 3.45. The molecule has 1 aromatic carbocycles. The second-order valence-electron chi connectivity index (χ2n) is 8.47. The van der Waals surface area contributed by atoms with Gasteiger partial charge in [0.1, 0.15) is 16.1 Å². The third-order valence-corrected chi connectivity index (χ3v) is 10.8. The summed E-state index contributed by atoms with van der Waals surface area (Å²) in [6, 6.07) is 7.58. The lowest BCUT2D eigenvalue weighted by atomic mass is 9.95. The fourth-order valence-electron chi connectivity index (χ4n) is 4.43. The summed E-state index contributed by atoms with van der Waals surface area (Å²) in [4.78, 5) is 19.3. The molecule has 5 rings (SSSR count). The van der Waals surface area contributed by atoms with Gasteiger partial charge in [-0.15, -0.1) is 11.3 Å². The predicted molar refractivity (Wildman–Crippen MR) is 131 cm³/mol. The monoisotopic (exact) mass is 543 g/mol. The number of thiophene rings is 1. The molecule has 0 unspecified atom stereocenters. The zero-order valence-corrected chi connectivity index (χ0v) is 21.4. The molecule has 182 valence electrons. The van der Waals surface area contributed by atoms with E-state index in [2.05, 4.69) is 4.98 Å². The first-order valence-corrected chi connectivity index (χ1v) is 14.5. The average molecular weight is 544 g/mol. The quantitative estimate of drug-likeness (QED) is 0.469. The van der Waals surface area contributed by atoms with Crippen LogP contribution in [0.1, 0.15) is 25.7 Å². The molecule has 2 aliphatic rings. The highest BCUT2D eigenvalue weighted by Gasteiger charge is 2.35. The molecular formula is C22H23ClFN3O4S3. The Hall–Kier alpha value is -1.79. The van der Waals surface area contributed by atoms with Crippen LogP contribution in [-0.4, -0.2) is 60.8 Å². The minimum atomic E-state index is -3.56. The van der Waals surface area contributed by atoms with Crippen molar-refractivity contribution in [3.05, 3.63) is 40.5 Å². The van der Waals surface area contributed by atoms with E-state index in [-0.39, 0.29) is 28.0 Å². The number of nitrogens with zero attached hydrogens (tertiary/aromatic N) is 3. The van der Waals surface area contributed by atoms with Gasteiger partial charge in [0.15, 0.2) is 0 Å². The third-order valence-electron chi connectivity index (χ3n) is 6.30. The van der Waals surface area contributed by atoms with E-state index in [4.69, 9.17) is 16.3 Å². The molecule has 0 N–H and O–H groups in total. The van der Waals surface area contributed by atoms with Crippen LogP contribution >= 0.6 is 34.3 Å². The van der Waals surface area contributed by atoms with Crippen molar-refractivity contribution < 1.29 is 22.3 Å². The zero-order valence-electron chi connectivity index (χ0n) is 18.2. The smallest absolute Gasteiger partial charge is 0.274 e. The number of hydrogen-bond acceptors (Lipinski definition) is 7. The Kier molecular flexibility index (Phi) is 6.82. The number of likely N-dealkylation sites (tertiary alicyclic amines) is 1. The number of piperidine rings is 2. The zero-order chi connectivity index (χ0) is 23.9. The SMILES string of the molecule is O=C(C1CCN(S(=O)(=O)c2ccc(Cl)s2)CC1)N1CCC(Oc2nc3ccc(F)cc3s2)CC1. The maximum absolute atomic E-state index is 13.4. The summed E-state index contributed by atoms with van der Waals surface area (Å²) in [5.41, 5.74) is 0.713. The van der Waals surface area contributed by atoms with Crippen LogP contribution in [0.15, 0.2) is 34.5 Å². The number of rotatable bonds is 5. The number of halogens is 2. The third kappa shape index (κ3) is 4.94. The molecular weight excluding hydrogens is 521 g/mol. The Morgan fingerprint density at radius 1 is 1.06 bits per heavy atom.